The number of rotatable bonds is 1. The highest BCUT2D eigenvalue weighted by atomic mass is 16.7. The van der Waals surface area contributed by atoms with Crippen LogP contribution < -0.4 is 0 Å². The van der Waals surface area contributed by atoms with Crippen LogP contribution >= 0.6 is 0 Å². The van der Waals surface area contributed by atoms with Crippen molar-refractivity contribution >= 4 is 5.97 Å². The Labute approximate surface area is 158 Å². The molecule has 0 bridgehead atoms. The van der Waals surface area contributed by atoms with E-state index in [1.54, 1.807) is 13.8 Å². The van der Waals surface area contributed by atoms with Crippen LogP contribution in [0.25, 0.3) is 0 Å². The number of epoxide rings is 2. The fraction of sp³-hybridized carbons (Fsp3) is 0.762. The molecule has 146 valence electrons. The van der Waals surface area contributed by atoms with E-state index in [1.807, 2.05) is 0 Å². The smallest absolute Gasteiger partial charge is 0.334 e. The summed E-state index contributed by atoms with van der Waals surface area (Å²) < 4.78 is 18.0. The zero-order valence-corrected chi connectivity index (χ0v) is 15.9. The third kappa shape index (κ3) is 1.53. The van der Waals surface area contributed by atoms with Gasteiger partial charge in [-0.3, -0.25) is 0 Å². The largest absolute Gasteiger partial charge is 0.458 e. The Kier molecular flexibility index (Phi) is 2.69. The molecule has 27 heavy (non-hydrogen) atoms. The molecule has 6 rings (SSSR count). The second-order valence-electron chi connectivity index (χ2n) is 10.0. The lowest BCUT2D eigenvalue weighted by Crippen LogP contribution is -2.66. The SMILES string of the molecule is C=C1C(C(C)(C)O)C(O)C2OC23C2(C)CCC4=C(COC4=O)C2CC2OC123. The summed E-state index contributed by atoms with van der Waals surface area (Å²) in [6.45, 7) is 10.3. The molecule has 3 heterocycles. The lowest BCUT2D eigenvalue weighted by Gasteiger charge is -2.54. The minimum atomic E-state index is -1.11. The van der Waals surface area contributed by atoms with Gasteiger partial charge in [0.15, 0.2) is 0 Å². The average Bonchev–Trinajstić information content (AvgIpc) is 3.44. The highest BCUT2D eigenvalue weighted by Gasteiger charge is 2.93. The number of esters is 1. The fourth-order valence-electron chi connectivity index (χ4n) is 7.39. The molecule has 2 saturated carbocycles. The number of carbonyl (C=O) groups is 1. The van der Waals surface area contributed by atoms with Crippen LogP contribution in [0.2, 0.25) is 0 Å². The zero-order valence-electron chi connectivity index (χ0n) is 15.9. The molecule has 2 saturated heterocycles. The number of hydrogen-bond donors (Lipinski definition) is 2. The first-order valence-corrected chi connectivity index (χ1v) is 9.94. The van der Waals surface area contributed by atoms with Crippen LogP contribution in [-0.4, -0.2) is 57.9 Å². The summed E-state index contributed by atoms with van der Waals surface area (Å²) in [6, 6.07) is 0. The van der Waals surface area contributed by atoms with Crippen molar-refractivity contribution in [2.24, 2.45) is 17.3 Å². The van der Waals surface area contributed by atoms with Crippen molar-refractivity contribution in [3.8, 4) is 0 Å². The number of aliphatic hydroxyl groups is 2. The number of ether oxygens (including phenoxy) is 3. The summed E-state index contributed by atoms with van der Waals surface area (Å²) >= 11 is 0. The van der Waals surface area contributed by atoms with E-state index in [0.29, 0.717) is 13.0 Å². The van der Waals surface area contributed by atoms with Crippen molar-refractivity contribution in [3.05, 3.63) is 23.3 Å². The lowest BCUT2D eigenvalue weighted by atomic mass is 9.46. The second kappa shape index (κ2) is 4.35. The number of fused-ring (bicyclic) bond motifs is 2. The molecule has 8 atom stereocenters. The van der Waals surface area contributed by atoms with Crippen molar-refractivity contribution in [3.63, 3.8) is 0 Å². The Morgan fingerprint density at radius 1 is 1.30 bits per heavy atom. The maximum Gasteiger partial charge on any atom is 0.334 e. The monoisotopic (exact) mass is 374 g/mol. The van der Waals surface area contributed by atoms with Gasteiger partial charge < -0.3 is 24.4 Å². The zero-order chi connectivity index (χ0) is 19.1. The molecule has 3 aliphatic carbocycles. The molecule has 6 aliphatic rings. The summed E-state index contributed by atoms with van der Waals surface area (Å²) in [4.78, 5) is 12.1. The molecule has 0 aromatic carbocycles. The van der Waals surface area contributed by atoms with Gasteiger partial charge in [-0.15, -0.1) is 0 Å². The molecule has 0 aromatic rings. The summed E-state index contributed by atoms with van der Waals surface area (Å²) in [5, 5.41) is 21.8. The first-order valence-electron chi connectivity index (χ1n) is 9.94. The number of hydrogen-bond acceptors (Lipinski definition) is 6. The maximum absolute atomic E-state index is 12.1. The fourth-order valence-corrected chi connectivity index (χ4v) is 7.39. The van der Waals surface area contributed by atoms with Crippen LogP contribution in [0.1, 0.15) is 40.0 Å². The lowest BCUT2D eigenvalue weighted by molar-refractivity contribution is -0.136. The van der Waals surface area contributed by atoms with Crippen molar-refractivity contribution in [2.75, 3.05) is 6.61 Å². The van der Waals surface area contributed by atoms with Gasteiger partial charge in [0.2, 0.25) is 0 Å². The molecule has 2 N–H and O–H groups in total. The van der Waals surface area contributed by atoms with E-state index in [4.69, 9.17) is 14.2 Å². The van der Waals surface area contributed by atoms with Gasteiger partial charge in [0.25, 0.3) is 0 Å². The summed E-state index contributed by atoms with van der Waals surface area (Å²) in [5.74, 6) is -0.517. The van der Waals surface area contributed by atoms with Gasteiger partial charge in [0.1, 0.15) is 23.9 Å². The van der Waals surface area contributed by atoms with Crippen LogP contribution in [0, 0.1) is 17.3 Å². The second-order valence-corrected chi connectivity index (χ2v) is 10.0. The quantitative estimate of drug-likeness (QED) is 0.408. The van der Waals surface area contributed by atoms with E-state index < -0.39 is 28.8 Å². The average molecular weight is 374 g/mol. The molecule has 2 spiro atoms. The molecular weight excluding hydrogens is 348 g/mol. The first-order chi connectivity index (χ1) is 12.6. The van der Waals surface area contributed by atoms with Gasteiger partial charge >= 0.3 is 5.97 Å². The van der Waals surface area contributed by atoms with Crippen LogP contribution in [0.4, 0.5) is 0 Å². The number of aliphatic hydroxyl groups excluding tert-OH is 1. The van der Waals surface area contributed by atoms with Gasteiger partial charge in [0.05, 0.1) is 17.8 Å². The standard InChI is InChI=1S/C21H26O6/c1-9-14(18(2,3)24)15(22)16-21(27-16)19(4)6-5-10-11(8-25-17(10)23)12(19)7-13-20(9,21)26-13/h12-16,22,24H,1,5-8H2,2-4H3. The predicted octanol–water partition coefficient (Wildman–Crippen LogP) is 1.25. The van der Waals surface area contributed by atoms with E-state index in [2.05, 4.69) is 13.5 Å². The molecule has 0 radical (unpaired) electrons. The van der Waals surface area contributed by atoms with Crippen molar-refractivity contribution in [1.82, 2.24) is 0 Å². The highest BCUT2D eigenvalue weighted by Crippen LogP contribution is 2.80. The molecule has 8 unspecified atom stereocenters. The molecule has 3 aliphatic heterocycles. The third-order valence-corrected chi connectivity index (χ3v) is 8.57. The minimum Gasteiger partial charge on any atom is -0.458 e. The van der Waals surface area contributed by atoms with E-state index in [-0.39, 0.29) is 29.5 Å². The molecule has 0 aromatic heterocycles. The molecule has 6 nitrogen and oxygen atoms in total. The Bertz CT molecular complexity index is 838. The predicted molar refractivity (Wildman–Crippen MR) is 93.6 cm³/mol. The molecule has 0 amide bonds. The Hall–Kier alpha value is -1.21. The normalized spacial score (nSPS) is 55.1. The van der Waals surface area contributed by atoms with Gasteiger partial charge in [-0.05, 0) is 50.2 Å². The van der Waals surface area contributed by atoms with Crippen LogP contribution in [0.3, 0.4) is 0 Å². The topological polar surface area (TPSA) is 91.8 Å². The van der Waals surface area contributed by atoms with Crippen LogP contribution in [0.15, 0.2) is 23.3 Å². The van der Waals surface area contributed by atoms with Crippen LogP contribution in [0.5, 0.6) is 0 Å². The summed E-state index contributed by atoms with van der Waals surface area (Å²) in [6.07, 6.45) is 1.03. The minimum absolute atomic E-state index is 0.0482. The van der Waals surface area contributed by atoms with Gasteiger partial charge in [-0.1, -0.05) is 13.5 Å². The summed E-state index contributed by atoms with van der Waals surface area (Å²) in [5.41, 5.74) is 0.0801. The van der Waals surface area contributed by atoms with E-state index >= 15 is 0 Å². The van der Waals surface area contributed by atoms with Crippen LogP contribution in [-0.2, 0) is 19.0 Å². The Morgan fingerprint density at radius 2 is 2.04 bits per heavy atom. The van der Waals surface area contributed by atoms with E-state index in [0.717, 1.165) is 29.6 Å². The van der Waals surface area contributed by atoms with Crippen molar-refractivity contribution in [1.29, 1.82) is 0 Å². The third-order valence-electron chi connectivity index (χ3n) is 8.57. The number of cyclic esters (lactones) is 1. The van der Waals surface area contributed by atoms with E-state index in [1.165, 1.54) is 0 Å². The Morgan fingerprint density at radius 3 is 2.74 bits per heavy atom. The molecular formula is C21H26O6. The van der Waals surface area contributed by atoms with Crippen molar-refractivity contribution in [2.45, 2.75) is 75.1 Å². The maximum atomic E-state index is 12.1. The van der Waals surface area contributed by atoms with Gasteiger partial charge in [0, 0.05) is 16.9 Å². The summed E-state index contributed by atoms with van der Waals surface area (Å²) in [7, 11) is 0. The molecule has 6 heteroatoms. The first kappa shape index (κ1) is 16.7. The van der Waals surface area contributed by atoms with Crippen molar-refractivity contribution < 1.29 is 29.2 Å². The highest BCUT2D eigenvalue weighted by molar-refractivity contribution is 5.92. The van der Waals surface area contributed by atoms with Gasteiger partial charge in [-0.25, -0.2) is 4.79 Å². The molecule has 4 fully saturated rings. The Balaban J connectivity index is 1.49. The van der Waals surface area contributed by atoms with E-state index in [9.17, 15) is 15.0 Å². The van der Waals surface area contributed by atoms with Gasteiger partial charge in [-0.2, -0.15) is 0 Å². The number of carbonyl (C=O) groups excluding carboxylic acids is 1.